The number of benzene rings is 1. The second-order valence-electron chi connectivity index (χ2n) is 4.37. The summed E-state index contributed by atoms with van der Waals surface area (Å²) in [5.74, 6) is -0.153. The molecule has 0 aromatic heterocycles. The molecule has 1 atom stereocenters. The maximum absolute atomic E-state index is 12.3. The van der Waals surface area contributed by atoms with E-state index in [-0.39, 0.29) is 5.82 Å². The fourth-order valence-corrected chi connectivity index (χ4v) is 1.80. The lowest BCUT2D eigenvalue weighted by molar-refractivity contribution is 0.627. The van der Waals surface area contributed by atoms with Gasteiger partial charge in [-0.3, -0.25) is 0 Å². The van der Waals surface area contributed by atoms with E-state index in [1.54, 1.807) is 0 Å². The van der Waals surface area contributed by atoms with E-state index in [0.717, 1.165) is 18.9 Å². The number of halogens is 1. The number of nitrogens with one attached hydrogen (secondary N) is 1. The lowest BCUT2D eigenvalue weighted by Crippen LogP contribution is -2.16. The van der Waals surface area contributed by atoms with Crippen LogP contribution in [0.25, 0.3) is 0 Å². The molecule has 1 aliphatic heterocycles. The van der Waals surface area contributed by atoms with Crippen LogP contribution in [0, 0.1) is 18.7 Å². The van der Waals surface area contributed by atoms with Gasteiger partial charge in [-0.1, -0.05) is 53.2 Å². The predicted molar refractivity (Wildman–Crippen MR) is 99.7 cm³/mol. The molecule has 1 nitrogen and oxygen atoms in total. The molecule has 2 heteroatoms. The van der Waals surface area contributed by atoms with Crippen LogP contribution in [0.15, 0.2) is 24.3 Å². The highest BCUT2D eigenvalue weighted by Crippen LogP contribution is 2.04. The summed E-state index contributed by atoms with van der Waals surface area (Å²) in [7, 11) is 0. The molecule has 1 fully saturated rings. The second-order valence-corrected chi connectivity index (χ2v) is 4.37. The molecule has 0 spiro atoms. The van der Waals surface area contributed by atoms with Crippen LogP contribution in [0.1, 0.15) is 66.4 Å². The van der Waals surface area contributed by atoms with Gasteiger partial charge in [0, 0.05) is 6.04 Å². The topological polar surface area (TPSA) is 12.0 Å². The van der Waals surface area contributed by atoms with Gasteiger partial charge in [0.25, 0.3) is 0 Å². The highest BCUT2D eigenvalue weighted by Gasteiger charge is 2.05. The molecule has 0 bridgehead atoms. The Morgan fingerprint density at radius 2 is 1.59 bits per heavy atom. The summed E-state index contributed by atoms with van der Waals surface area (Å²) in [6.45, 7) is 13.6. The maximum atomic E-state index is 12.3. The minimum Gasteiger partial charge on any atom is -0.314 e. The smallest absolute Gasteiger partial charge is 0.123 e. The Bertz CT molecular complexity index is 310. The van der Waals surface area contributed by atoms with Crippen molar-refractivity contribution in [2.24, 2.45) is 0 Å². The molecule has 1 unspecified atom stereocenters. The first-order chi connectivity index (χ1) is 10.7. The number of aryl methyl sites for hydroxylation is 1. The molecule has 1 aliphatic rings. The zero-order valence-corrected chi connectivity index (χ0v) is 15.5. The van der Waals surface area contributed by atoms with E-state index in [1.165, 1.54) is 37.1 Å². The van der Waals surface area contributed by atoms with E-state index in [9.17, 15) is 4.39 Å². The Morgan fingerprint density at radius 3 is 1.86 bits per heavy atom. The van der Waals surface area contributed by atoms with Gasteiger partial charge in [-0.05, 0) is 50.4 Å². The van der Waals surface area contributed by atoms with Crippen molar-refractivity contribution in [1.82, 2.24) is 5.32 Å². The molecule has 2 rings (SSSR count). The highest BCUT2D eigenvalue weighted by molar-refractivity contribution is 5.15. The van der Waals surface area contributed by atoms with Gasteiger partial charge < -0.3 is 5.32 Å². The Hall–Kier alpha value is -1.33. The second kappa shape index (κ2) is 22.0. The average Bonchev–Trinajstić information content (AvgIpc) is 3.07. The van der Waals surface area contributed by atoms with E-state index in [2.05, 4.69) is 32.0 Å². The van der Waals surface area contributed by atoms with E-state index in [1.807, 2.05) is 39.8 Å². The van der Waals surface area contributed by atoms with E-state index in [0.29, 0.717) is 0 Å². The van der Waals surface area contributed by atoms with Crippen molar-refractivity contribution in [3.05, 3.63) is 35.6 Å². The van der Waals surface area contributed by atoms with Crippen molar-refractivity contribution in [3.8, 4) is 12.8 Å². The standard InChI is InChI=1S/C9H11F.C5H11N.2C2H6.C2H2/c1-2-3-8-4-6-9(10)7-5-8;1-5-3-2-4-6-5;3*1-2/h4-7H,2-3H2,1H3;5-6H,2-4H2,1H3;2*1-2H3;1-2H. The largest absolute Gasteiger partial charge is 0.314 e. The van der Waals surface area contributed by atoms with Crippen LogP contribution < -0.4 is 5.32 Å². The third kappa shape index (κ3) is 16.7. The fraction of sp³-hybridized carbons (Fsp3) is 0.600. The molecular weight excluding hydrogens is 273 g/mol. The van der Waals surface area contributed by atoms with Crippen LogP contribution in [-0.2, 0) is 6.42 Å². The molecule has 128 valence electrons. The number of hydrogen-bond donors (Lipinski definition) is 1. The fourth-order valence-electron chi connectivity index (χ4n) is 1.80. The van der Waals surface area contributed by atoms with Gasteiger partial charge in [-0.25, -0.2) is 4.39 Å². The molecule has 0 radical (unpaired) electrons. The first-order valence-electron chi connectivity index (χ1n) is 8.53. The van der Waals surface area contributed by atoms with Crippen molar-refractivity contribution < 1.29 is 4.39 Å². The number of hydrogen-bond acceptors (Lipinski definition) is 1. The van der Waals surface area contributed by atoms with Gasteiger partial charge in [0.2, 0.25) is 0 Å². The van der Waals surface area contributed by atoms with Crippen LogP contribution in [0.2, 0.25) is 0 Å². The zero-order chi connectivity index (χ0) is 17.8. The van der Waals surface area contributed by atoms with Crippen LogP contribution in [0.3, 0.4) is 0 Å². The normalized spacial score (nSPS) is 14.5. The van der Waals surface area contributed by atoms with E-state index >= 15 is 0 Å². The summed E-state index contributed by atoms with van der Waals surface area (Å²) in [6, 6.07) is 7.47. The molecular formula is C20H36FN. The predicted octanol–water partition coefficient (Wildman–Crippen LogP) is 5.84. The minimum atomic E-state index is -0.153. The molecule has 0 amide bonds. The Balaban J connectivity index is -0.000000258. The number of terminal acetylenes is 1. The summed E-state index contributed by atoms with van der Waals surface area (Å²) in [6.07, 6.45) is 12.9. The Morgan fingerprint density at radius 1 is 1.09 bits per heavy atom. The molecule has 22 heavy (non-hydrogen) atoms. The molecule has 1 aromatic rings. The first-order valence-corrected chi connectivity index (χ1v) is 8.53. The third-order valence-corrected chi connectivity index (χ3v) is 2.76. The van der Waals surface area contributed by atoms with Crippen molar-refractivity contribution in [3.63, 3.8) is 0 Å². The SMILES string of the molecule is C#C.CC.CC.CC1CCCN1.CCCc1ccc(F)cc1. The summed E-state index contributed by atoms with van der Waals surface area (Å²) in [5, 5.41) is 3.32. The Labute approximate surface area is 138 Å². The Kier molecular flexibility index (Phi) is 25.6. The van der Waals surface area contributed by atoms with Crippen molar-refractivity contribution in [2.75, 3.05) is 6.54 Å². The summed E-state index contributed by atoms with van der Waals surface area (Å²) >= 11 is 0. The molecule has 1 heterocycles. The van der Waals surface area contributed by atoms with Gasteiger partial charge in [0.05, 0.1) is 0 Å². The summed E-state index contributed by atoms with van der Waals surface area (Å²) in [4.78, 5) is 0. The lowest BCUT2D eigenvalue weighted by Gasteiger charge is -1.95. The van der Waals surface area contributed by atoms with E-state index < -0.39 is 0 Å². The molecule has 0 aliphatic carbocycles. The van der Waals surface area contributed by atoms with Crippen molar-refractivity contribution in [2.45, 2.75) is 73.3 Å². The van der Waals surface area contributed by atoms with E-state index in [4.69, 9.17) is 0 Å². The van der Waals surface area contributed by atoms with Gasteiger partial charge in [0.1, 0.15) is 5.82 Å². The van der Waals surface area contributed by atoms with Gasteiger partial charge in [-0.15, -0.1) is 12.8 Å². The van der Waals surface area contributed by atoms with Crippen molar-refractivity contribution >= 4 is 0 Å². The summed E-state index contributed by atoms with van der Waals surface area (Å²) < 4.78 is 12.3. The zero-order valence-electron chi connectivity index (χ0n) is 15.5. The van der Waals surface area contributed by atoms with Crippen LogP contribution >= 0.6 is 0 Å². The minimum absolute atomic E-state index is 0.153. The lowest BCUT2D eigenvalue weighted by atomic mass is 10.1. The van der Waals surface area contributed by atoms with Crippen LogP contribution in [-0.4, -0.2) is 12.6 Å². The van der Waals surface area contributed by atoms with Gasteiger partial charge in [0.15, 0.2) is 0 Å². The van der Waals surface area contributed by atoms with Gasteiger partial charge in [-0.2, -0.15) is 0 Å². The molecule has 1 aromatic carbocycles. The van der Waals surface area contributed by atoms with Crippen LogP contribution in [0.4, 0.5) is 4.39 Å². The average molecular weight is 310 g/mol. The monoisotopic (exact) mass is 309 g/mol. The first kappa shape index (κ1) is 25.6. The maximum Gasteiger partial charge on any atom is 0.123 e. The van der Waals surface area contributed by atoms with Gasteiger partial charge >= 0.3 is 0 Å². The molecule has 1 N–H and O–H groups in total. The third-order valence-electron chi connectivity index (χ3n) is 2.76. The summed E-state index contributed by atoms with van der Waals surface area (Å²) in [5.41, 5.74) is 1.21. The quantitative estimate of drug-likeness (QED) is 0.677. The molecule has 0 saturated carbocycles. The molecule has 1 saturated heterocycles. The highest BCUT2D eigenvalue weighted by atomic mass is 19.1. The van der Waals surface area contributed by atoms with Crippen molar-refractivity contribution in [1.29, 1.82) is 0 Å². The van der Waals surface area contributed by atoms with Crippen LogP contribution in [0.5, 0.6) is 0 Å². The number of rotatable bonds is 2.